The molecule has 1 fully saturated rings. The standard InChI is InChI=1S/C12H18N2OS/c15-8-10-4-1-3-9-7-13-12(14(9)10)11-5-2-6-16-11/h7,10-11,15H,1-6,8H2. The number of aromatic nitrogens is 2. The van der Waals surface area contributed by atoms with Crippen LogP contribution in [0.15, 0.2) is 6.20 Å². The summed E-state index contributed by atoms with van der Waals surface area (Å²) in [4.78, 5) is 4.61. The molecule has 1 N–H and O–H groups in total. The highest BCUT2D eigenvalue weighted by atomic mass is 32.2. The third-order valence-corrected chi connectivity index (χ3v) is 5.04. The molecular formula is C12H18N2OS. The lowest BCUT2D eigenvalue weighted by atomic mass is 10.0. The fourth-order valence-corrected chi connectivity index (χ4v) is 4.13. The number of rotatable bonds is 2. The van der Waals surface area contributed by atoms with Crippen LogP contribution in [0, 0.1) is 0 Å². The van der Waals surface area contributed by atoms with Crippen LogP contribution in [0.5, 0.6) is 0 Å². The van der Waals surface area contributed by atoms with E-state index < -0.39 is 0 Å². The van der Waals surface area contributed by atoms with Crippen molar-refractivity contribution in [3.63, 3.8) is 0 Å². The molecule has 0 aromatic carbocycles. The first kappa shape index (κ1) is 10.7. The van der Waals surface area contributed by atoms with Gasteiger partial charge in [0, 0.05) is 11.9 Å². The third-order valence-electron chi connectivity index (χ3n) is 3.67. The van der Waals surface area contributed by atoms with Gasteiger partial charge in [0.15, 0.2) is 0 Å². The molecule has 0 aliphatic carbocycles. The fraction of sp³-hybridized carbons (Fsp3) is 0.750. The largest absolute Gasteiger partial charge is 0.394 e. The maximum Gasteiger partial charge on any atom is 0.122 e. The second-order valence-corrected chi connectivity index (χ2v) is 6.02. The minimum Gasteiger partial charge on any atom is -0.394 e. The predicted octanol–water partition coefficient (Wildman–Crippen LogP) is 2.32. The molecule has 0 amide bonds. The van der Waals surface area contributed by atoms with E-state index in [1.807, 2.05) is 18.0 Å². The molecule has 3 rings (SSSR count). The Hall–Kier alpha value is -0.480. The van der Waals surface area contributed by atoms with Gasteiger partial charge in [-0.05, 0) is 37.9 Å². The summed E-state index contributed by atoms with van der Waals surface area (Å²) < 4.78 is 2.33. The maximum atomic E-state index is 9.47. The Balaban J connectivity index is 1.96. The van der Waals surface area contributed by atoms with Crippen molar-refractivity contribution in [1.29, 1.82) is 0 Å². The van der Waals surface area contributed by atoms with Crippen molar-refractivity contribution in [1.82, 2.24) is 9.55 Å². The molecule has 1 saturated heterocycles. The first-order chi connectivity index (χ1) is 7.90. The number of hydrogen-bond donors (Lipinski definition) is 1. The van der Waals surface area contributed by atoms with E-state index in [2.05, 4.69) is 9.55 Å². The molecule has 2 unspecified atom stereocenters. The van der Waals surface area contributed by atoms with Crippen LogP contribution in [0.1, 0.15) is 48.5 Å². The zero-order chi connectivity index (χ0) is 11.0. The Morgan fingerprint density at radius 1 is 1.44 bits per heavy atom. The van der Waals surface area contributed by atoms with Crippen molar-refractivity contribution < 1.29 is 5.11 Å². The van der Waals surface area contributed by atoms with E-state index in [-0.39, 0.29) is 12.6 Å². The van der Waals surface area contributed by atoms with E-state index in [4.69, 9.17) is 0 Å². The molecule has 1 aromatic rings. The van der Waals surface area contributed by atoms with Crippen LogP contribution in [0.3, 0.4) is 0 Å². The molecule has 2 aliphatic rings. The minimum absolute atomic E-state index is 0.258. The average molecular weight is 238 g/mol. The van der Waals surface area contributed by atoms with Gasteiger partial charge in [-0.3, -0.25) is 0 Å². The van der Waals surface area contributed by atoms with Gasteiger partial charge in [-0.25, -0.2) is 4.98 Å². The first-order valence-corrected chi connectivity index (χ1v) is 7.23. The zero-order valence-corrected chi connectivity index (χ0v) is 10.2. The number of aliphatic hydroxyl groups is 1. The molecule has 0 radical (unpaired) electrons. The van der Waals surface area contributed by atoms with Crippen LogP contribution >= 0.6 is 11.8 Å². The summed E-state index contributed by atoms with van der Waals surface area (Å²) >= 11 is 2.02. The Kier molecular flexibility index (Phi) is 2.94. The molecule has 2 aliphatic heterocycles. The third kappa shape index (κ3) is 1.68. The van der Waals surface area contributed by atoms with Crippen LogP contribution in [0.2, 0.25) is 0 Å². The van der Waals surface area contributed by atoms with Crippen molar-refractivity contribution in [3.8, 4) is 0 Å². The van der Waals surface area contributed by atoms with Gasteiger partial charge in [0.2, 0.25) is 0 Å². The summed E-state index contributed by atoms with van der Waals surface area (Å²) in [5.74, 6) is 2.48. The van der Waals surface area contributed by atoms with Gasteiger partial charge in [-0.2, -0.15) is 11.8 Å². The number of thioether (sulfide) groups is 1. The quantitative estimate of drug-likeness (QED) is 0.859. The molecule has 2 atom stereocenters. The molecule has 3 nitrogen and oxygen atoms in total. The summed E-state index contributed by atoms with van der Waals surface area (Å²) in [5, 5.41) is 10.0. The number of aryl methyl sites for hydroxylation is 1. The van der Waals surface area contributed by atoms with E-state index in [1.54, 1.807) is 0 Å². The van der Waals surface area contributed by atoms with E-state index in [1.165, 1.54) is 36.5 Å². The topological polar surface area (TPSA) is 38.1 Å². The molecule has 0 spiro atoms. The monoisotopic (exact) mass is 238 g/mol. The normalized spacial score (nSPS) is 29.3. The summed E-state index contributed by atoms with van der Waals surface area (Å²) in [5.41, 5.74) is 1.33. The highest BCUT2D eigenvalue weighted by Crippen LogP contribution is 2.41. The van der Waals surface area contributed by atoms with Gasteiger partial charge in [-0.1, -0.05) is 0 Å². The SMILES string of the molecule is OCC1CCCc2cnc(C3CCCS3)n21. The summed E-state index contributed by atoms with van der Waals surface area (Å²) in [6, 6.07) is 0.280. The molecule has 4 heteroatoms. The van der Waals surface area contributed by atoms with Gasteiger partial charge in [0.1, 0.15) is 5.82 Å². The summed E-state index contributed by atoms with van der Waals surface area (Å²) in [6.07, 6.45) is 8.00. The van der Waals surface area contributed by atoms with Crippen molar-refractivity contribution in [2.75, 3.05) is 12.4 Å². The Morgan fingerprint density at radius 2 is 2.38 bits per heavy atom. The van der Waals surface area contributed by atoms with Gasteiger partial charge >= 0.3 is 0 Å². The highest BCUT2D eigenvalue weighted by molar-refractivity contribution is 7.99. The minimum atomic E-state index is 0.258. The van der Waals surface area contributed by atoms with Crippen molar-refractivity contribution >= 4 is 11.8 Å². The molecule has 0 bridgehead atoms. The zero-order valence-electron chi connectivity index (χ0n) is 9.43. The fourth-order valence-electron chi connectivity index (χ4n) is 2.86. The van der Waals surface area contributed by atoms with Crippen LogP contribution in [0.4, 0.5) is 0 Å². The summed E-state index contributed by atoms with van der Waals surface area (Å²) in [7, 11) is 0. The Morgan fingerprint density at radius 3 is 3.12 bits per heavy atom. The smallest absolute Gasteiger partial charge is 0.122 e. The lowest BCUT2D eigenvalue weighted by Crippen LogP contribution is -2.23. The Labute approximate surface area is 100 Å². The molecule has 1 aromatic heterocycles. The molecule has 88 valence electrons. The second-order valence-electron chi connectivity index (χ2n) is 4.71. The van der Waals surface area contributed by atoms with E-state index in [0.29, 0.717) is 5.25 Å². The van der Waals surface area contributed by atoms with Crippen LogP contribution in [-0.4, -0.2) is 27.0 Å². The predicted molar refractivity (Wildman–Crippen MR) is 65.7 cm³/mol. The van der Waals surface area contributed by atoms with Crippen LogP contribution in [0.25, 0.3) is 0 Å². The van der Waals surface area contributed by atoms with Crippen molar-refractivity contribution in [2.24, 2.45) is 0 Å². The van der Waals surface area contributed by atoms with Gasteiger partial charge < -0.3 is 9.67 Å². The molecule has 3 heterocycles. The Bertz CT molecular complexity index is 371. The van der Waals surface area contributed by atoms with Crippen LogP contribution < -0.4 is 0 Å². The van der Waals surface area contributed by atoms with E-state index >= 15 is 0 Å². The number of fused-ring (bicyclic) bond motifs is 1. The lowest BCUT2D eigenvalue weighted by Gasteiger charge is -2.27. The summed E-state index contributed by atoms with van der Waals surface area (Å²) in [6.45, 7) is 0.258. The number of aliphatic hydroxyl groups excluding tert-OH is 1. The molecule has 0 saturated carbocycles. The number of nitrogens with zero attached hydrogens (tertiary/aromatic N) is 2. The van der Waals surface area contributed by atoms with Crippen LogP contribution in [-0.2, 0) is 6.42 Å². The first-order valence-electron chi connectivity index (χ1n) is 6.18. The number of hydrogen-bond acceptors (Lipinski definition) is 3. The van der Waals surface area contributed by atoms with Crippen molar-refractivity contribution in [3.05, 3.63) is 17.7 Å². The van der Waals surface area contributed by atoms with E-state index in [0.717, 1.165) is 12.8 Å². The van der Waals surface area contributed by atoms with Gasteiger partial charge in [0.25, 0.3) is 0 Å². The van der Waals surface area contributed by atoms with Gasteiger partial charge in [0.05, 0.1) is 17.9 Å². The average Bonchev–Trinajstić information content (AvgIpc) is 2.96. The second kappa shape index (κ2) is 4.41. The molecule has 16 heavy (non-hydrogen) atoms. The van der Waals surface area contributed by atoms with E-state index in [9.17, 15) is 5.11 Å². The molecular weight excluding hydrogens is 220 g/mol. The number of imidazole rings is 1. The lowest BCUT2D eigenvalue weighted by molar-refractivity contribution is 0.204. The van der Waals surface area contributed by atoms with Gasteiger partial charge in [-0.15, -0.1) is 0 Å². The highest BCUT2D eigenvalue weighted by Gasteiger charge is 2.28. The maximum absolute atomic E-state index is 9.47. The van der Waals surface area contributed by atoms with Crippen molar-refractivity contribution in [2.45, 2.75) is 43.4 Å².